The molecule has 0 bridgehead atoms. The molecule has 1 aromatic heterocycles. The fourth-order valence-corrected chi connectivity index (χ4v) is 1.78. The molecule has 1 aliphatic heterocycles. The summed E-state index contributed by atoms with van der Waals surface area (Å²) < 4.78 is 0. The second-order valence-corrected chi connectivity index (χ2v) is 3.96. The van der Waals surface area contributed by atoms with Crippen molar-refractivity contribution >= 4 is 23.3 Å². The third-order valence-corrected chi connectivity index (χ3v) is 2.80. The molecule has 0 unspecified atom stereocenters. The third kappa shape index (κ3) is 2.33. The van der Waals surface area contributed by atoms with Gasteiger partial charge in [-0.15, -0.1) is 0 Å². The molecule has 0 radical (unpaired) electrons. The minimum Gasteiger partial charge on any atom is -0.465 e. The fourth-order valence-electron chi connectivity index (χ4n) is 1.67. The lowest BCUT2D eigenvalue weighted by molar-refractivity contribution is 0.150. The summed E-state index contributed by atoms with van der Waals surface area (Å²) in [7, 11) is 0. The van der Waals surface area contributed by atoms with Crippen molar-refractivity contribution in [1.29, 1.82) is 0 Å². The highest BCUT2D eigenvalue weighted by atomic mass is 35.5. The van der Waals surface area contributed by atoms with Gasteiger partial charge in [0, 0.05) is 19.3 Å². The summed E-state index contributed by atoms with van der Waals surface area (Å²) in [5.74, 6) is 0. The van der Waals surface area contributed by atoms with E-state index in [0.717, 1.165) is 17.6 Å². The van der Waals surface area contributed by atoms with Crippen molar-refractivity contribution in [1.82, 2.24) is 9.88 Å². The number of nitrogens with zero attached hydrogens (tertiary/aromatic N) is 2. The van der Waals surface area contributed by atoms with Gasteiger partial charge in [-0.3, -0.25) is 0 Å². The molecular formula is C11H11ClN2O2. The second-order valence-electron chi connectivity index (χ2n) is 3.58. The summed E-state index contributed by atoms with van der Waals surface area (Å²) in [4.78, 5) is 16.1. The van der Waals surface area contributed by atoms with Gasteiger partial charge < -0.3 is 10.0 Å². The predicted octanol–water partition coefficient (Wildman–Crippen LogP) is 2.50. The first-order valence-corrected chi connectivity index (χ1v) is 5.33. The van der Waals surface area contributed by atoms with Crippen LogP contribution in [0.2, 0.25) is 5.15 Å². The molecule has 1 aromatic rings. The normalized spacial score (nSPS) is 15.8. The third-order valence-electron chi connectivity index (χ3n) is 2.58. The van der Waals surface area contributed by atoms with Crippen molar-refractivity contribution < 1.29 is 9.90 Å². The average Bonchev–Trinajstić information content (AvgIpc) is 2.30. The quantitative estimate of drug-likeness (QED) is 0.765. The van der Waals surface area contributed by atoms with E-state index in [2.05, 4.69) is 4.98 Å². The van der Waals surface area contributed by atoms with Gasteiger partial charge in [0.05, 0.1) is 0 Å². The second kappa shape index (κ2) is 4.53. The van der Waals surface area contributed by atoms with E-state index in [4.69, 9.17) is 16.7 Å². The molecule has 0 saturated carbocycles. The van der Waals surface area contributed by atoms with E-state index in [1.165, 1.54) is 4.90 Å². The summed E-state index contributed by atoms with van der Waals surface area (Å²) >= 11 is 5.70. The van der Waals surface area contributed by atoms with Gasteiger partial charge in [-0.05, 0) is 23.6 Å². The van der Waals surface area contributed by atoms with Crippen molar-refractivity contribution in [2.75, 3.05) is 13.1 Å². The SMILES string of the molecule is O=C(O)N1CC=C(c2ccc(Cl)nc2)CC1. The molecule has 0 fully saturated rings. The first-order valence-electron chi connectivity index (χ1n) is 4.95. The van der Waals surface area contributed by atoms with Gasteiger partial charge in [0.2, 0.25) is 0 Å². The Morgan fingerprint density at radius 3 is 2.81 bits per heavy atom. The molecule has 2 heterocycles. The largest absolute Gasteiger partial charge is 0.465 e. The van der Waals surface area contributed by atoms with Gasteiger partial charge in [-0.25, -0.2) is 9.78 Å². The van der Waals surface area contributed by atoms with Crippen LogP contribution in [0.25, 0.3) is 5.57 Å². The maximum Gasteiger partial charge on any atom is 0.407 e. The van der Waals surface area contributed by atoms with E-state index < -0.39 is 6.09 Å². The Morgan fingerprint density at radius 2 is 2.31 bits per heavy atom. The van der Waals surface area contributed by atoms with Crippen molar-refractivity contribution in [2.45, 2.75) is 6.42 Å². The Kier molecular flexibility index (Phi) is 3.10. The number of carbonyl (C=O) groups is 1. The molecule has 1 N–H and O–H groups in total. The van der Waals surface area contributed by atoms with Crippen LogP contribution >= 0.6 is 11.6 Å². The van der Waals surface area contributed by atoms with Crippen molar-refractivity contribution in [2.24, 2.45) is 0 Å². The van der Waals surface area contributed by atoms with E-state index in [1.54, 1.807) is 12.3 Å². The Hall–Kier alpha value is -1.55. The number of hydrogen-bond donors (Lipinski definition) is 1. The number of aromatic nitrogens is 1. The zero-order valence-electron chi connectivity index (χ0n) is 8.56. The Labute approximate surface area is 98.2 Å². The van der Waals surface area contributed by atoms with Crippen LogP contribution in [-0.4, -0.2) is 34.2 Å². The topological polar surface area (TPSA) is 53.4 Å². The number of pyridine rings is 1. The van der Waals surface area contributed by atoms with Crippen LogP contribution in [0.5, 0.6) is 0 Å². The number of carboxylic acid groups (broad SMARTS) is 1. The summed E-state index contributed by atoms with van der Waals surface area (Å²) in [6.45, 7) is 0.969. The smallest absolute Gasteiger partial charge is 0.407 e. The van der Waals surface area contributed by atoms with Gasteiger partial charge in [-0.2, -0.15) is 0 Å². The number of amides is 1. The maximum absolute atomic E-state index is 10.7. The molecule has 1 aliphatic rings. The number of halogens is 1. The van der Waals surface area contributed by atoms with Crippen LogP contribution < -0.4 is 0 Å². The van der Waals surface area contributed by atoms with Gasteiger partial charge in [0.25, 0.3) is 0 Å². The molecule has 84 valence electrons. The lowest BCUT2D eigenvalue weighted by atomic mass is 10.0. The minimum atomic E-state index is -0.871. The van der Waals surface area contributed by atoms with E-state index in [0.29, 0.717) is 18.2 Å². The molecule has 0 spiro atoms. The van der Waals surface area contributed by atoms with Crippen molar-refractivity contribution in [3.8, 4) is 0 Å². The Bertz CT molecular complexity index is 428. The van der Waals surface area contributed by atoms with Gasteiger partial charge in [0.15, 0.2) is 0 Å². The average molecular weight is 239 g/mol. The number of hydrogen-bond acceptors (Lipinski definition) is 2. The van der Waals surface area contributed by atoms with Crippen LogP contribution in [0.1, 0.15) is 12.0 Å². The van der Waals surface area contributed by atoms with Crippen molar-refractivity contribution in [3.63, 3.8) is 0 Å². The molecule has 4 nitrogen and oxygen atoms in total. The molecule has 0 aromatic carbocycles. The Morgan fingerprint density at radius 1 is 1.50 bits per heavy atom. The zero-order valence-corrected chi connectivity index (χ0v) is 9.31. The van der Waals surface area contributed by atoms with Crippen LogP contribution in [0.15, 0.2) is 24.4 Å². The van der Waals surface area contributed by atoms with Crippen LogP contribution in [0, 0.1) is 0 Å². The molecule has 16 heavy (non-hydrogen) atoms. The van der Waals surface area contributed by atoms with Gasteiger partial charge in [-0.1, -0.05) is 23.7 Å². The lowest BCUT2D eigenvalue weighted by Crippen LogP contribution is -2.33. The van der Waals surface area contributed by atoms with E-state index in [-0.39, 0.29) is 0 Å². The van der Waals surface area contributed by atoms with Gasteiger partial charge >= 0.3 is 6.09 Å². The summed E-state index contributed by atoms with van der Waals surface area (Å²) in [6, 6.07) is 3.64. The van der Waals surface area contributed by atoms with Crippen LogP contribution in [0.4, 0.5) is 4.79 Å². The molecule has 2 rings (SSSR count). The molecule has 5 heteroatoms. The first-order chi connectivity index (χ1) is 7.66. The predicted molar refractivity (Wildman–Crippen MR) is 61.4 cm³/mol. The van der Waals surface area contributed by atoms with E-state index >= 15 is 0 Å². The van der Waals surface area contributed by atoms with Crippen molar-refractivity contribution in [3.05, 3.63) is 35.1 Å². The summed E-state index contributed by atoms with van der Waals surface area (Å²) in [6.07, 6.45) is 3.48. The first kappa shape index (κ1) is 11.0. The molecule has 1 amide bonds. The highest BCUT2D eigenvalue weighted by molar-refractivity contribution is 6.29. The zero-order chi connectivity index (χ0) is 11.5. The fraction of sp³-hybridized carbons (Fsp3) is 0.273. The minimum absolute atomic E-state index is 0.438. The highest BCUT2D eigenvalue weighted by Gasteiger charge is 2.16. The molecular weight excluding hydrogens is 228 g/mol. The summed E-state index contributed by atoms with van der Waals surface area (Å²) in [5, 5.41) is 9.26. The lowest BCUT2D eigenvalue weighted by Gasteiger charge is -2.23. The molecule has 0 aliphatic carbocycles. The molecule has 0 atom stereocenters. The molecule has 0 saturated heterocycles. The maximum atomic E-state index is 10.7. The highest BCUT2D eigenvalue weighted by Crippen LogP contribution is 2.22. The standard InChI is InChI=1S/C11H11ClN2O2/c12-10-2-1-9(7-13-10)8-3-5-14(6-4-8)11(15)16/h1-3,7H,4-6H2,(H,15,16). The number of rotatable bonds is 1. The van der Waals surface area contributed by atoms with Crippen LogP contribution in [0.3, 0.4) is 0 Å². The van der Waals surface area contributed by atoms with E-state index in [1.807, 2.05) is 12.1 Å². The van der Waals surface area contributed by atoms with E-state index in [9.17, 15) is 4.79 Å². The summed E-state index contributed by atoms with van der Waals surface area (Å²) in [5.41, 5.74) is 2.14. The van der Waals surface area contributed by atoms with Crippen LogP contribution in [-0.2, 0) is 0 Å². The van der Waals surface area contributed by atoms with Gasteiger partial charge in [0.1, 0.15) is 5.15 Å². The monoisotopic (exact) mass is 238 g/mol. The Balaban J connectivity index is 2.13.